The third-order valence-electron chi connectivity index (χ3n) is 2.12. The Morgan fingerprint density at radius 3 is 2.47 bits per heavy atom. The van der Waals surface area contributed by atoms with E-state index in [4.69, 9.17) is 9.84 Å². The largest absolute Gasteiger partial charge is 0.396 e. The molecule has 0 aromatic rings. The van der Waals surface area contributed by atoms with Crippen LogP contribution in [0.1, 0.15) is 33.6 Å². The first-order valence-electron chi connectivity index (χ1n) is 5.70. The Morgan fingerprint density at radius 1 is 1.27 bits per heavy atom. The monoisotopic (exact) mass is 219 g/mol. The van der Waals surface area contributed by atoms with Gasteiger partial charge in [-0.1, -0.05) is 0 Å². The van der Waals surface area contributed by atoms with Crippen molar-refractivity contribution in [2.45, 2.75) is 51.9 Å². The standard InChI is InChI=1S/C11H25NO3/c1-9(2)15-8-11(14)7-12-10(3)5-4-6-13/h9-14H,4-8H2,1-3H3. The molecule has 0 aliphatic rings. The van der Waals surface area contributed by atoms with E-state index in [-0.39, 0.29) is 12.7 Å². The van der Waals surface area contributed by atoms with Crippen LogP contribution < -0.4 is 5.32 Å². The maximum atomic E-state index is 9.54. The van der Waals surface area contributed by atoms with E-state index in [0.29, 0.717) is 19.2 Å². The number of rotatable bonds is 9. The maximum Gasteiger partial charge on any atom is 0.0897 e. The minimum Gasteiger partial charge on any atom is -0.396 e. The fraction of sp³-hybridized carbons (Fsp3) is 1.00. The number of aliphatic hydroxyl groups excluding tert-OH is 2. The van der Waals surface area contributed by atoms with Crippen molar-refractivity contribution in [2.75, 3.05) is 19.8 Å². The van der Waals surface area contributed by atoms with Gasteiger partial charge >= 0.3 is 0 Å². The Hall–Kier alpha value is -0.160. The molecular formula is C11H25NO3. The van der Waals surface area contributed by atoms with Crippen molar-refractivity contribution in [3.63, 3.8) is 0 Å². The topological polar surface area (TPSA) is 61.7 Å². The number of nitrogens with one attached hydrogen (secondary N) is 1. The Morgan fingerprint density at radius 2 is 1.93 bits per heavy atom. The lowest BCUT2D eigenvalue weighted by molar-refractivity contribution is 0.00550. The van der Waals surface area contributed by atoms with Gasteiger partial charge in [0.05, 0.1) is 18.8 Å². The SMILES string of the molecule is CC(CCCO)NCC(O)COC(C)C. The second-order valence-electron chi connectivity index (χ2n) is 4.21. The average molecular weight is 219 g/mol. The van der Waals surface area contributed by atoms with Crippen LogP contribution in [0, 0.1) is 0 Å². The van der Waals surface area contributed by atoms with E-state index in [1.165, 1.54) is 0 Å². The van der Waals surface area contributed by atoms with Gasteiger partial charge in [-0.25, -0.2) is 0 Å². The number of hydrogen-bond donors (Lipinski definition) is 3. The summed E-state index contributed by atoms with van der Waals surface area (Å²) in [6.07, 6.45) is 1.43. The van der Waals surface area contributed by atoms with Crippen molar-refractivity contribution < 1.29 is 14.9 Å². The van der Waals surface area contributed by atoms with Gasteiger partial charge in [0.2, 0.25) is 0 Å². The summed E-state index contributed by atoms with van der Waals surface area (Å²) >= 11 is 0. The van der Waals surface area contributed by atoms with Crippen LogP contribution in [0.15, 0.2) is 0 Å². The van der Waals surface area contributed by atoms with Crippen LogP contribution in [0.25, 0.3) is 0 Å². The summed E-state index contributed by atoms with van der Waals surface area (Å²) in [5.74, 6) is 0. The van der Waals surface area contributed by atoms with E-state index >= 15 is 0 Å². The molecule has 15 heavy (non-hydrogen) atoms. The summed E-state index contributed by atoms with van der Waals surface area (Å²) in [7, 11) is 0. The second-order valence-corrected chi connectivity index (χ2v) is 4.21. The molecule has 0 radical (unpaired) electrons. The van der Waals surface area contributed by atoms with Crippen LogP contribution in [-0.4, -0.2) is 48.2 Å². The summed E-state index contributed by atoms with van der Waals surface area (Å²) in [6.45, 7) is 7.08. The second kappa shape index (κ2) is 9.09. The smallest absolute Gasteiger partial charge is 0.0897 e. The summed E-state index contributed by atoms with van der Waals surface area (Å²) in [4.78, 5) is 0. The molecule has 0 saturated carbocycles. The first-order chi connectivity index (χ1) is 7.06. The molecule has 92 valence electrons. The summed E-state index contributed by atoms with van der Waals surface area (Å²) in [5, 5.41) is 21.4. The molecule has 0 amide bonds. The zero-order valence-electron chi connectivity index (χ0n) is 10.1. The molecule has 0 aromatic carbocycles. The van der Waals surface area contributed by atoms with E-state index in [9.17, 15) is 5.11 Å². The zero-order valence-corrected chi connectivity index (χ0v) is 10.1. The quantitative estimate of drug-likeness (QED) is 0.529. The van der Waals surface area contributed by atoms with Gasteiger partial charge in [-0.2, -0.15) is 0 Å². The highest BCUT2D eigenvalue weighted by Gasteiger charge is 2.07. The van der Waals surface area contributed by atoms with Crippen LogP contribution in [-0.2, 0) is 4.74 Å². The number of hydrogen-bond acceptors (Lipinski definition) is 4. The highest BCUT2D eigenvalue weighted by molar-refractivity contribution is 4.65. The van der Waals surface area contributed by atoms with Crippen molar-refractivity contribution in [1.29, 1.82) is 0 Å². The molecule has 0 spiro atoms. The van der Waals surface area contributed by atoms with Gasteiger partial charge in [0.15, 0.2) is 0 Å². The molecule has 0 aliphatic heterocycles. The Balaban J connectivity index is 3.39. The van der Waals surface area contributed by atoms with Crippen LogP contribution >= 0.6 is 0 Å². The van der Waals surface area contributed by atoms with E-state index in [1.807, 2.05) is 20.8 Å². The molecule has 4 nitrogen and oxygen atoms in total. The number of ether oxygens (including phenoxy) is 1. The van der Waals surface area contributed by atoms with Gasteiger partial charge in [0.1, 0.15) is 0 Å². The van der Waals surface area contributed by atoms with Crippen molar-refractivity contribution in [3.05, 3.63) is 0 Å². The normalized spacial score (nSPS) is 15.6. The van der Waals surface area contributed by atoms with Crippen molar-refractivity contribution in [1.82, 2.24) is 5.32 Å². The predicted molar refractivity (Wildman–Crippen MR) is 60.9 cm³/mol. The molecular weight excluding hydrogens is 194 g/mol. The zero-order chi connectivity index (χ0) is 11.7. The van der Waals surface area contributed by atoms with E-state index in [0.717, 1.165) is 12.8 Å². The molecule has 4 heteroatoms. The summed E-state index contributed by atoms with van der Waals surface area (Å²) in [5.41, 5.74) is 0. The van der Waals surface area contributed by atoms with Crippen molar-refractivity contribution >= 4 is 0 Å². The Bertz CT molecular complexity index is 142. The van der Waals surface area contributed by atoms with Crippen LogP contribution in [0.3, 0.4) is 0 Å². The van der Waals surface area contributed by atoms with E-state index in [2.05, 4.69) is 5.32 Å². The molecule has 0 saturated heterocycles. The highest BCUT2D eigenvalue weighted by Crippen LogP contribution is 1.96. The fourth-order valence-electron chi connectivity index (χ4n) is 1.20. The third-order valence-corrected chi connectivity index (χ3v) is 2.12. The predicted octanol–water partition coefficient (Wildman–Crippen LogP) is 0.523. The molecule has 0 heterocycles. The molecule has 2 atom stereocenters. The summed E-state index contributed by atoms with van der Waals surface area (Å²) < 4.78 is 5.29. The maximum absolute atomic E-state index is 9.54. The van der Waals surface area contributed by atoms with Gasteiger partial charge in [0, 0.05) is 19.2 Å². The molecule has 0 fully saturated rings. The van der Waals surface area contributed by atoms with Crippen LogP contribution in [0.4, 0.5) is 0 Å². The van der Waals surface area contributed by atoms with Gasteiger partial charge in [-0.3, -0.25) is 0 Å². The minimum absolute atomic E-state index is 0.159. The first-order valence-corrected chi connectivity index (χ1v) is 5.70. The van der Waals surface area contributed by atoms with Crippen LogP contribution in [0.2, 0.25) is 0 Å². The van der Waals surface area contributed by atoms with E-state index < -0.39 is 6.10 Å². The molecule has 0 bridgehead atoms. The molecule has 0 aromatic heterocycles. The Labute approximate surface area is 92.6 Å². The van der Waals surface area contributed by atoms with Gasteiger partial charge in [0.25, 0.3) is 0 Å². The Kier molecular flexibility index (Phi) is 9.00. The molecule has 0 aliphatic carbocycles. The minimum atomic E-state index is -0.455. The lowest BCUT2D eigenvalue weighted by atomic mass is 10.2. The molecule has 0 rings (SSSR count). The average Bonchev–Trinajstić information content (AvgIpc) is 2.20. The van der Waals surface area contributed by atoms with E-state index in [1.54, 1.807) is 0 Å². The first kappa shape index (κ1) is 14.8. The number of aliphatic hydroxyl groups is 2. The van der Waals surface area contributed by atoms with Crippen molar-refractivity contribution in [2.24, 2.45) is 0 Å². The summed E-state index contributed by atoms with van der Waals surface area (Å²) in [6, 6.07) is 0.325. The third kappa shape index (κ3) is 10.1. The molecule has 2 unspecified atom stereocenters. The van der Waals surface area contributed by atoms with Crippen molar-refractivity contribution in [3.8, 4) is 0 Å². The van der Waals surface area contributed by atoms with Crippen LogP contribution in [0.5, 0.6) is 0 Å². The lowest BCUT2D eigenvalue weighted by Crippen LogP contribution is -2.36. The lowest BCUT2D eigenvalue weighted by Gasteiger charge is -2.17. The highest BCUT2D eigenvalue weighted by atomic mass is 16.5. The van der Waals surface area contributed by atoms with Gasteiger partial charge < -0.3 is 20.3 Å². The van der Waals surface area contributed by atoms with Gasteiger partial charge in [-0.15, -0.1) is 0 Å². The molecule has 3 N–H and O–H groups in total. The van der Waals surface area contributed by atoms with Gasteiger partial charge in [-0.05, 0) is 33.6 Å². The fourth-order valence-corrected chi connectivity index (χ4v) is 1.20.